The van der Waals surface area contributed by atoms with Crippen molar-refractivity contribution in [3.8, 4) is 5.75 Å². The molecule has 0 saturated carbocycles. The fourth-order valence-electron chi connectivity index (χ4n) is 2.60. The molecule has 2 atom stereocenters. The zero-order valence-electron chi connectivity index (χ0n) is 13.8. The van der Waals surface area contributed by atoms with E-state index in [2.05, 4.69) is 14.8 Å². The molecule has 136 valence electrons. The number of fused-ring (bicyclic) bond motifs is 1. The van der Waals surface area contributed by atoms with Crippen LogP contribution in [0.15, 0.2) is 35.6 Å². The Morgan fingerprint density at radius 3 is 2.69 bits per heavy atom. The van der Waals surface area contributed by atoms with Crippen molar-refractivity contribution in [1.82, 2.24) is 9.97 Å². The summed E-state index contributed by atoms with van der Waals surface area (Å²) in [4.78, 5) is 10.8. The van der Waals surface area contributed by atoms with Crippen molar-refractivity contribution < 1.29 is 23.0 Å². The predicted octanol–water partition coefficient (Wildman–Crippen LogP) is 4.41. The highest BCUT2D eigenvalue weighted by atomic mass is 32.2. The molecular formula is C17H14F3N3O2S. The molecule has 2 heterocycles. The molecule has 9 heteroatoms. The van der Waals surface area contributed by atoms with Crippen molar-refractivity contribution in [1.29, 1.82) is 0 Å². The van der Waals surface area contributed by atoms with Gasteiger partial charge in [0.15, 0.2) is 10.8 Å². The number of benzene rings is 1. The van der Waals surface area contributed by atoms with Gasteiger partial charge in [0.2, 0.25) is 0 Å². The fourth-order valence-corrected chi connectivity index (χ4v) is 3.86. The zero-order chi connectivity index (χ0) is 19.1. The molecule has 0 bridgehead atoms. The molecule has 1 aromatic heterocycles. The number of alkyl halides is 3. The first kappa shape index (κ1) is 18.5. The maximum atomic E-state index is 12.9. The monoisotopic (exact) mass is 381 g/mol. The quantitative estimate of drug-likeness (QED) is 0.617. The minimum Gasteiger partial charge on any atom is -0.485 e. The summed E-state index contributed by atoms with van der Waals surface area (Å²) in [6, 6.07) is 5.56. The lowest BCUT2D eigenvalue weighted by Crippen LogP contribution is -2.48. The van der Waals surface area contributed by atoms with E-state index in [1.807, 2.05) is 0 Å². The van der Waals surface area contributed by atoms with E-state index >= 15 is 0 Å². The van der Waals surface area contributed by atoms with Crippen LogP contribution in [0.4, 0.5) is 18.9 Å². The minimum atomic E-state index is -4.58. The van der Waals surface area contributed by atoms with E-state index in [0.717, 1.165) is 24.0 Å². The number of aliphatic hydroxyl groups is 1. The van der Waals surface area contributed by atoms with Crippen molar-refractivity contribution in [2.45, 2.75) is 42.1 Å². The molecule has 1 aliphatic rings. The van der Waals surface area contributed by atoms with Crippen LogP contribution in [0.25, 0.3) is 4.85 Å². The second-order valence-electron chi connectivity index (χ2n) is 6.24. The number of hydrogen-bond donors (Lipinski definition) is 1. The molecule has 0 aliphatic carbocycles. The Balaban J connectivity index is 2.03. The van der Waals surface area contributed by atoms with Gasteiger partial charge in [-0.05, 0) is 32.0 Å². The summed E-state index contributed by atoms with van der Waals surface area (Å²) in [5, 5.41) is 9.90. The van der Waals surface area contributed by atoms with Crippen LogP contribution in [0.3, 0.4) is 0 Å². The molecule has 0 unspecified atom stereocenters. The van der Waals surface area contributed by atoms with Crippen LogP contribution in [0.1, 0.15) is 30.4 Å². The van der Waals surface area contributed by atoms with E-state index < -0.39 is 28.8 Å². The molecule has 26 heavy (non-hydrogen) atoms. The summed E-state index contributed by atoms with van der Waals surface area (Å²) in [6.07, 6.45) is -4.59. The Morgan fingerprint density at radius 1 is 1.31 bits per heavy atom. The number of rotatable bonds is 2. The number of hydrogen-bond acceptors (Lipinski definition) is 5. The molecule has 0 radical (unpaired) electrons. The molecular weight excluding hydrogens is 367 g/mol. The van der Waals surface area contributed by atoms with Crippen LogP contribution >= 0.6 is 11.8 Å². The Morgan fingerprint density at radius 2 is 2.04 bits per heavy atom. The van der Waals surface area contributed by atoms with Crippen molar-refractivity contribution >= 4 is 17.4 Å². The lowest BCUT2D eigenvalue weighted by molar-refractivity contribution is -0.141. The zero-order valence-corrected chi connectivity index (χ0v) is 14.6. The van der Waals surface area contributed by atoms with E-state index in [4.69, 9.17) is 11.3 Å². The first-order valence-corrected chi connectivity index (χ1v) is 8.45. The van der Waals surface area contributed by atoms with Crippen LogP contribution in [0, 0.1) is 6.57 Å². The smallest absolute Gasteiger partial charge is 0.433 e. The molecule has 0 saturated heterocycles. The number of thioether (sulfide) groups is 1. The van der Waals surface area contributed by atoms with E-state index in [-0.39, 0.29) is 5.16 Å². The fraction of sp³-hybridized carbons (Fsp3) is 0.353. The molecule has 0 amide bonds. The first-order valence-electron chi connectivity index (χ1n) is 7.57. The van der Waals surface area contributed by atoms with Crippen LogP contribution in [-0.4, -0.2) is 26.8 Å². The standard InChI is InChI=1S/C17H14F3N3O2S/c1-16(2)14(24)13(10-8-9(21-3)4-5-11(10)25-16)26-15-22-7-6-12(23-15)17(18,19)20/h4-8,13-14,24H,1-2H3/t13-,14+/m1/s1. The number of halogens is 3. The Hall–Kier alpha value is -2.31. The van der Waals surface area contributed by atoms with Crippen LogP contribution in [0.5, 0.6) is 5.75 Å². The number of aromatic nitrogens is 2. The number of nitrogens with zero attached hydrogens (tertiary/aromatic N) is 3. The molecule has 2 aromatic rings. The Bertz CT molecular complexity index is 880. The number of aliphatic hydroxyl groups excluding tert-OH is 1. The average molecular weight is 381 g/mol. The minimum absolute atomic E-state index is 0.110. The lowest BCUT2D eigenvalue weighted by atomic mass is 9.90. The van der Waals surface area contributed by atoms with Crippen molar-refractivity contribution in [2.75, 3.05) is 0 Å². The third kappa shape index (κ3) is 3.48. The van der Waals surface area contributed by atoms with Crippen molar-refractivity contribution in [3.63, 3.8) is 0 Å². The molecule has 1 aliphatic heterocycles. The van der Waals surface area contributed by atoms with E-state index in [1.165, 1.54) is 0 Å². The summed E-state index contributed by atoms with van der Waals surface area (Å²) in [5.74, 6) is 0.470. The van der Waals surface area contributed by atoms with E-state index in [9.17, 15) is 18.3 Å². The summed E-state index contributed by atoms with van der Waals surface area (Å²) in [7, 11) is 0. The summed E-state index contributed by atoms with van der Waals surface area (Å²) < 4.78 is 44.4. The Labute approximate surface area is 152 Å². The summed E-state index contributed by atoms with van der Waals surface area (Å²) in [5.41, 5.74) is -1.15. The van der Waals surface area contributed by atoms with Gasteiger partial charge in [0.25, 0.3) is 0 Å². The van der Waals surface area contributed by atoms with Crippen LogP contribution in [0.2, 0.25) is 0 Å². The van der Waals surface area contributed by atoms with E-state index in [1.54, 1.807) is 32.0 Å². The molecule has 5 nitrogen and oxygen atoms in total. The first-order chi connectivity index (χ1) is 12.1. The van der Waals surface area contributed by atoms with Gasteiger partial charge in [-0.1, -0.05) is 17.8 Å². The van der Waals surface area contributed by atoms with Crippen LogP contribution in [-0.2, 0) is 6.18 Å². The predicted molar refractivity (Wildman–Crippen MR) is 89.0 cm³/mol. The van der Waals surface area contributed by atoms with Crippen LogP contribution < -0.4 is 4.74 Å². The summed E-state index contributed by atoms with van der Waals surface area (Å²) >= 11 is 0.912. The van der Waals surface area contributed by atoms with Crippen molar-refractivity contribution in [2.24, 2.45) is 0 Å². The molecule has 3 rings (SSSR count). The van der Waals surface area contributed by atoms with Gasteiger partial charge in [0.05, 0.1) is 11.8 Å². The number of ether oxygens (including phenoxy) is 1. The third-order valence-electron chi connectivity index (χ3n) is 3.96. The average Bonchev–Trinajstić information content (AvgIpc) is 2.58. The highest BCUT2D eigenvalue weighted by Gasteiger charge is 2.44. The van der Waals surface area contributed by atoms with Gasteiger partial charge in [0, 0.05) is 11.8 Å². The lowest BCUT2D eigenvalue weighted by Gasteiger charge is -2.41. The van der Waals surface area contributed by atoms with Gasteiger partial charge < -0.3 is 9.84 Å². The Kier molecular flexibility index (Phi) is 4.58. The second kappa shape index (κ2) is 6.45. The van der Waals surface area contributed by atoms with Gasteiger partial charge >= 0.3 is 6.18 Å². The van der Waals surface area contributed by atoms with E-state index in [0.29, 0.717) is 17.0 Å². The highest BCUT2D eigenvalue weighted by molar-refractivity contribution is 7.99. The SMILES string of the molecule is [C-]#[N+]c1ccc2c(c1)[C@@H](Sc1nccc(C(F)(F)F)n1)[C@H](O)C(C)(C)O2. The van der Waals surface area contributed by atoms with Gasteiger partial charge in [-0.2, -0.15) is 13.2 Å². The molecule has 0 spiro atoms. The topological polar surface area (TPSA) is 59.6 Å². The second-order valence-corrected chi connectivity index (χ2v) is 7.35. The van der Waals surface area contributed by atoms with Gasteiger partial charge in [-0.15, -0.1) is 0 Å². The largest absolute Gasteiger partial charge is 0.485 e. The summed E-state index contributed by atoms with van der Waals surface area (Å²) in [6.45, 7) is 10.5. The maximum Gasteiger partial charge on any atom is 0.433 e. The van der Waals surface area contributed by atoms with Gasteiger partial charge in [-0.3, -0.25) is 0 Å². The normalized spacial score (nSPS) is 21.4. The molecule has 1 N–H and O–H groups in total. The van der Waals surface area contributed by atoms with Gasteiger partial charge in [0.1, 0.15) is 23.1 Å². The third-order valence-corrected chi connectivity index (χ3v) is 5.13. The maximum absolute atomic E-state index is 12.9. The molecule has 1 aromatic carbocycles. The molecule has 0 fully saturated rings. The van der Waals surface area contributed by atoms with Crippen molar-refractivity contribution in [3.05, 3.63) is 53.1 Å². The van der Waals surface area contributed by atoms with Gasteiger partial charge in [-0.25, -0.2) is 14.8 Å². The highest BCUT2D eigenvalue weighted by Crippen LogP contribution is 2.49.